The SMILES string of the molecule is COc1ccc2cc(C(=O)COC(=O)COc3cc(C)ccc3C(C)C)ccc2c1. The van der Waals surface area contributed by atoms with Crippen LogP contribution in [0.1, 0.15) is 41.3 Å². The normalized spacial score (nSPS) is 10.8. The van der Waals surface area contributed by atoms with E-state index in [1.54, 1.807) is 19.2 Å². The van der Waals surface area contributed by atoms with Gasteiger partial charge in [-0.1, -0.05) is 44.2 Å². The maximum Gasteiger partial charge on any atom is 0.344 e. The highest BCUT2D eigenvalue weighted by Crippen LogP contribution is 2.27. The Morgan fingerprint density at radius 3 is 2.37 bits per heavy atom. The number of esters is 1. The number of fused-ring (bicyclic) bond motifs is 1. The van der Waals surface area contributed by atoms with E-state index in [4.69, 9.17) is 14.2 Å². The van der Waals surface area contributed by atoms with Gasteiger partial charge in [0.25, 0.3) is 0 Å². The molecule has 5 heteroatoms. The summed E-state index contributed by atoms with van der Waals surface area (Å²) >= 11 is 0. The van der Waals surface area contributed by atoms with Crippen LogP contribution >= 0.6 is 0 Å². The van der Waals surface area contributed by atoms with E-state index < -0.39 is 5.97 Å². The van der Waals surface area contributed by atoms with Crippen LogP contribution in [0, 0.1) is 6.92 Å². The molecular weight excluding hydrogens is 380 g/mol. The van der Waals surface area contributed by atoms with Crippen molar-refractivity contribution in [1.29, 1.82) is 0 Å². The summed E-state index contributed by atoms with van der Waals surface area (Å²) in [6.07, 6.45) is 0. The van der Waals surface area contributed by atoms with Crippen LogP contribution in [0.5, 0.6) is 11.5 Å². The highest BCUT2D eigenvalue weighted by molar-refractivity contribution is 6.01. The van der Waals surface area contributed by atoms with Crippen LogP contribution in [0.4, 0.5) is 0 Å². The molecule has 0 unspecified atom stereocenters. The lowest BCUT2D eigenvalue weighted by atomic mass is 10.0. The molecule has 0 radical (unpaired) electrons. The standard InChI is InChI=1S/C25H26O5/c1-16(2)22-10-5-17(3)11-24(22)29-15-25(27)30-14-23(26)20-7-6-19-13-21(28-4)9-8-18(19)12-20/h5-13,16H,14-15H2,1-4H3. The van der Waals surface area contributed by atoms with Gasteiger partial charge in [0.2, 0.25) is 0 Å². The van der Waals surface area contributed by atoms with Crippen molar-refractivity contribution in [3.8, 4) is 11.5 Å². The van der Waals surface area contributed by atoms with Gasteiger partial charge in [-0.05, 0) is 59.0 Å². The van der Waals surface area contributed by atoms with Crippen LogP contribution in [0.2, 0.25) is 0 Å². The molecule has 3 rings (SSSR count). The van der Waals surface area contributed by atoms with E-state index in [0.717, 1.165) is 27.6 Å². The molecule has 0 bridgehead atoms. The van der Waals surface area contributed by atoms with Gasteiger partial charge in [0.1, 0.15) is 11.5 Å². The number of methoxy groups -OCH3 is 1. The smallest absolute Gasteiger partial charge is 0.344 e. The van der Waals surface area contributed by atoms with Crippen LogP contribution in [0.3, 0.4) is 0 Å². The third-order valence-corrected chi connectivity index (χ3v) is 4.87. The Bertz CT molecular complexity index is 1070. The van der Waals surface area contributed by atoms with E-state index in [-0.39, 0.29) is 24.9 Å². The predicted octanol–water partition coefficient (Wildman–Crippen LogP) is 5.09. The van der Waals surface area contributed by atoms with Crippen molar-refractivity contribution in [2.75, 3.05) is 20.3 Å². The average Bonchev–Trinajstić information content (AvgIpc) is 2.75. The first-order valence-electron chi connectivity index (χ1n) is 9.87. The molecule has 3 aromatic rings. The van der Waals surface area contributed by atoms with Crippen molar-refractivity contribution in [2.45, 2.75) is 26.7 Å². The second-order valence-electron chi connectivity index (χ2n) is 7.50. The molecule has 3 aromatic carbocycles. The van der Waals surface area contributed by atoms with Gasteiger partial charge in [0, 0.05) is 5.56 Å². The van der Waals surface area contributed by atoms with Gasteiger partial charge < -0.3 is 14.2 Å². The number of carbonyl (C=O) groups is 2. The second kappa shape index (κ2) is 9.44. The summed E-state index contributed by atoms with van der Waals surface area (Å²) in [5.41, 5.74) is 2.56. The molecule has 0 spiro atoms. The predicted molar refractivity (Wildman–Crippen MR) is 117 cm³/mol. The van der Waals surface area contributed by atoms with Crippen molar-refractivity contribution in [2.24, 2.45) is 0 Å². The molecule has 0 atom stereocenters. The largest absolute Gasteiger partial charge is 0.497 e. The lowest BCUT2D eigenvalue weighted by Crippen LogP contribution is -2.20. The maximum absolute atomic E-state index is 12.4. The van der Waals surface area contributed by atoms with Crippen LogP contribution in [0.25, 0.3) is 10.8 Å². The topological polar surface area (TPSA) is 61.8 Å². The zero-order valence-corrected chi connectivity index (χ0v) is 17.7. The fraction of sp³-hybridized carbons (Fsp3) is 0.280. The van der Waals surface area contributed by atoms with Crippen LogP contribution in [-0.2, 0) is 9.53 Å². The minimum atomic E-state index is -0.579. The van der Waals surface area contributed by atoms with Gasteiger partial charge in [-0.25, -0.2) is 4.79 Å². The zero-order valence-electron chi connectivity index (χ0n) is 17.7. The molecule has 0 aromatic heterocycles. The molecule has 0 aliphatic rings. The van der Waals surface area contributed by atoms with Gasteiger partial charge in [0.15, 0.2) is 19.0 Å². The van der Waals surface area contributed by atoms with Gasteiger partial charge >= 0.3 is 5.97 Å². The fourth-order valence-corrected chi connectivity index (χ4v) is 3.18. The molecule has 30 heavy (non-hydrogen) atoms. The van der Waals surface area contributed by atoms with Crippen molar-refractivity contribution in [3.63, 3.8) is 0 Å². The first kappa shape index (κ1) is 21.4. The van der Waals surface area contributed by atoms with E-state index in [9.17, 15) is 9.59 Å². The summed E-state index contributed by atoms with van der Waals surface area (Å²) in [5, 5.41) is 1.88. The van der Waals surface area contributed by atoms with Gasteiger partial charge in [-0.15, -0.1) is 0 Å². The Labute approximate surface area is 176 Å². The zero-order chi connectivity index (χ0) is 21.7. The highest BCUT2D eigenvalue weighted by Gasteiger charge is 2.14. The molecule has 0 amide bonds. The minimum absolute atomic E-state index is 0.242. The third-order valence-electron chi connectivity index (χ3n) is 4.87. The molecule has 0 N–H and O–H groups in total. The van der Waals surface area contributed by atoms with E-state index in [2.05, 4.69) is 13.8 Å². The highest BCUT2D eigenvalue weighted by atomic mass is 16.6. The molecule has 5 nitrogen and oxygen atoms in total. The Kier molecular flexibility index (Phi) is 6.72. The summed E-state index contributed by atoms with van der Waals surface area (Å²) in [6, 6.07) is 16.9. The summed E-state index contributed by atoms with van der Waals surface area (Å²) in [7, 11) is 1.61. The third kappa shape index (κ3) is 5.17. The Morgan fingerprint density at radius 2 is 1.63 bits per heavy atom. The van der Waals surface area contributed by atoms with Crippen molar-refractivity contribution in [3.05, 3.63) is 71.3 Å². The Balaban J connectivity index is 1.58. The number of hydrogen-bond acceptors (Lipinski definition) is 5. The second-order valence-corrected chi connectivity index (χ2v) is 7.50. The van der Waals surface area contributed by atoms with Gasteiger partial charge in [0.05, 0.1) is 7.11 Å². The lowest BCUT2D eigenvalue weighted by Gasteiger charge is -2.14. The van der Waals surface area contributed by atoms with E-state index in [1.807, 2.05) is 49.4 Å². The van der Waals surface area contributed by atoms with Crippen LogP contribution in [0.15, 0.2) is 54.6 Å². The minimum Gasteiger partial charge on any atom is -0.497 e. The van der Waals surface area contributed by atoms with E-state index in [1.165, 1.54) is 0 Å². The molecule has 156 valence electrons. The van der Waals surface area contributed by atoms with Crippen LogP contribution in [-0.4, -0.2) is 32.1 Å². The number of Topliss-reactive ketones (excluding diaryl/α,β-unsaturated/α-hetero) is 1. The Hall–Kier alpha value is -3.34. The fourth-order valence-electron chi connectivity index (χ4n) is 3.18. The van der Waals surface area contributed by atoms with E-state index >= 15 is 0 Å². The Morgan fingerprint density at radius 1 is 0.900 bits per heavy atom. The van der Waals surface area contributed by atoms with E-state index in [0.29, 0.717) is 11.3 Å². The van der Waals surface area contributed by atoms with Crippen molar-refractivity contribution in [1.82, 2.24) is 0 Å². The maximum atomic E-state index is 12.4. The molecule has 0 aliphatic carbocycles. The number of ether oxygens (including phenoxy) is 3. The molecular formula is C25H26O5. The number of hydrogen-bond donors (Lipinski definition) is 0. The van der Waals surface area contributed by atoms with Gasteiger partial charge in [-0.2, -0.15) is 0 Å². The molecule has 0 saturated carbocycles. The van der Waals surface area contributed by atoms with Crippen molar-refractivity contribution >= 4 is 22.5 Å². The summed E-state index contributed by atoms with van der Waals surface area (Å²) in [5.74, 6) is 0.846. The number of benzene rings is 3. The summed E-state index contributed by atoms with van der Waals surface area (Å²) < 4.78 is 16.0. The van der Waals surface area contributed by atoms with Gasteiger partial charge in [-0.3, -0.25) is 4.79 Å². The molecule has 0 heterocycles. The lowest BCUT2D eigenvalue weighted by molar-refractivity contribution is -0.144. The first-order chi connectivity index (χ1) is 14.4. The molecule has 0 aliphatic heterocycles. The summed E-state index contributed by atoms with van der Waals surface area (Å²) in [4.78, 5) is 24.5. The number of aryl methyl sites for hydroxylation is 1. The molecule has 0 saturated heterocycles. The quantitative estimate of drug-likeness (QED) is 0.385. The monoisotopic (exact) mass is 406 g/mol. The van der Waals surface area contributed by atoms with Crippen LogP contribution < -0.4 is 9.47 Å². The number of ketones is 1. The summed E-state index contributed by atoms with van der Waals surface area (Å²) in [6.45, 7) is 5.53. The number of rotatable bonds is 8. The first-order valence-corrected chi connectivity index (χ1v) is 9.87. The average molecular weight is 406 g/mol. The molecule has 0 fully saturated rings. The number of carbonyl (C=O) groups excluding carboxylic acids is 2. The van der Waals surface area contributed by atoms with Crippen molar-refractivity contribution < 1.29 is 23.8 Å².